The molecule has 0 atom stereocenters. The van der Waals surface area contributed by atoms with Gasteiger partial charge in [-0.05, 0) is 76.8 Å². The summed E-state index contributed by atoms with van der Waals surface area (Å²) in [6.07, 6.45) is 3.58. The molecule has 0 spiro atoms. The Labute approximate surface area is 346 Å². The number of aromatic nitrogens is 4. The maximum absolute atomic E-state index is 14.7. The van der Waals surface area contributed by atoms with Gasteiger partial charge < -0.3 is 14.0 Å². The van der Waals surface area contributed by atoms with E-state index in [1.165, 1.54) is 39.2 Å². The molecule has 5 aromatic carbocycles. The number of pyridine rings is 2. The fourth-order valence-electron chi connectivity index (χ4n) is 7.44. The summed E-state index contributed by atoms with van der Waals surface area (Å²) >= 11 is 0. The van der Waals surface area contributed by atoms with Gasteiger partial charge in [-0.15, -0.1) is 36.4 Å². The van der Waals surface area contributed by atoms with Crippen LogP contribution in [0.15, 0.2) is 114 Å². The number of rotatable bonds is 5. The molecule has 0 aliphatic carbocycles. The fraction of sp³-hybridized carbons (Fsp3) is 0.188. The summed E-state index contributed by atoms with van der Waals surface area (Å²) in [6, 6.07) is 38.0. The number of hydrogen-bond acceptors (Lipinski definition) is 4. The Morgan fingerprint density at radius 1 is 0.804 bits per heavy atom. The van der Waals surface area contributed by atoms with Crippen molar-refractivity contribution in [2.75, 3.05) is 0 Å². The minimum Gasteiger partial charge on any atom is -0.486 e. The third-order valence-corrected chi connectivity index (χ3v) is 12.2. The molecule has 9 rings (SSSR count). The maximum Gasteiger partial charge on any atom is 0.216 e. The number of hydrogen-bond donors (Lipinski definition) is 0. The number of para-hydroxylation sites is 1. The molecule has 1 radical (unpaired) electrons. The molecular formula is C48H43FIrN4OSi-2. The van der Waals surface area contributed by atoms with E-state index >= 15 is 0 Å². The zero-order chi connectivity index (χ0) is 41.1. The van der Waals surface area contributed by atoms with E-state index in [0.717, 1.165) is 50.0 Å². The van der Waals surface area contributed by atoms with Crippen LogP contribution < -0.4 is 5.19 Å². The first-order valence-electron chi connectivity index (χ1n) is 20.0. The first-order chi connectivity index (χ1) is 27.6. The Bertz CT molecular complexity index is 3000. The number of halogens is 1. The average Bonchev–Trinajstić information content (AvgIpc) is 3.74. The monoisotopic (exact) mass is 934 g/mol. The van der Waals surface area contributed by atoms with Gasteiger partial charge in [0.1, 0.15) is 0 Å². The Kier molecular flexibility index (Phi) is 9.63. The zero-order valence-corrected chi connectivity index (χ0v) is 35.8. The van der Waals surface area contributed by atoms with Gasteiger partial charge in [0.25, 0.3) is 0 Å². The summed E-state index contributed by atoms with van der Waals surface area (Å²) in [7, 11) is -1.58. The Morgan fingerprint density at radius 3 is 2.23 bits per heavy atom. The normalized spacial score (nSPS) is 12.7. The van der Waals surface area contributed by atoms with Gasteiger partial charge in [0.15, 0.2) is 0 Å². The van der Waals surface area contributed by atoms with E-state index in [9.17, 15) is 4.39 Å². The van der Waals surface area contributed by atoms with E-state index < -0.39 is 20.7 Å². The molecule has 0 fully saturated rings. The van der Waals surface area contributed by atoms with Crippen LogP contribution in [0.4, 0.5) is 4.39 Å². The summed E-state index contributed by atoms with van der Waals surface area (Å²) < 4.78 is 45.6. The molecule has 5 nitrogen and oxygen atoms in total. The predicted molar refractivity (Wildman–Crippen MR) is 228 cm³/mol. The van der Waals surface area contributed by atoms with Crippen molar-refractivity contribution < 1.29 is 33.0 Å². The smallest absolute Gasteiger partial charge is 0.216 e. The molecule has 8 heteroatoms. The van der Waals surface area contributed by atoms with Crippen molar-refractivity contribution in [1.29, 1.82) is 0 Å². The van der Waals surface area contributed by atoms with E-state index in [4.69, 9.17) is 13.5 Å². The van der Waals surface area contributed by atoms with Gasteiger partial charge in [-0.3, -0.25) is 9.37 Å². The SMILES string of the molecule is Cc1cccc(C)c1-n1c(-c2[c-]ccc3c2oc2ncccc23)nc2cc3ccccc3cc21.[2H]C([2H])([2H])c1cc[c-]c(-c2cc(C(C)C)c([Si](C)(C)C)cn2)c1F.[Ir]. The predicted octanol–water partition coefficient (Wildman–Crippen LogP) is 12.2. The van der Waals surface area contributed by atoms with Crippen LogP contribution in [0.25, 0.3) is 72.2 Å². The van der Waals surface area contributed by atoms with E-state index in [1.807, 2.05) is 36.5 Å². The minimum absolute atomic E-state index is 0. The third kappa shape index (κ3) is 7.02. The molecule has 0 aliphatic heterocycles. The van der Waals surface area contributed by atoms with E-state index in [0.29, 0.717) is 11.4 Å². The van der Waals surface area contributed by atoms with Crippen LogP contribution in [0.2, 0.25) is 19.6 Å². The molecule has 0 saturated carbocycles. The second-order valence-electron chi connectivity index (χ2n) is 15.4. The zero-order valence-electron chi connectivity index (χ0n) is 35.4. The summed E-state index contributed by atoms with van der Waals surface area (Å²) in [5, 5.41) is 5.61. The summed E-state index contributed by atoms with van der Waals surface area (Å²) in [6.45, 7) is 12.7. The minimum atomic E-state index is -2.49. The molecule has 56 heavy (non-hydrogen) atoms. The van der Waals surface area contributed by atoms with Crippen LogP contribution in [0.3, 0.4) is 0 Å². The fourth-order valence-corrected chi connectivity index (χ4v) is 9.11. The van der Waals surface area contributed by atoms with Crippen LogP contribution >= 0.6 is 0 Å². The van der Waals surface area contributed by atoms with Crippen LogP contribution in [-0.2, 0) is 20.1 Å². The molecule has 0 N–H and O–H groups in total. The van der Waals surface area contributed by atoms with Gasteiger partial charge in [0, 0.05) is 53.5 Å². The van der Waals surface area contributed by atoms with Gasteiger partial charge >= 0.3 is 0 Å². The number of aryl methyl sites for hydroxylation is 3. The Balaban J connectivity index is 0.000000188. The van der Waals surface area contributed by atoms with Crippen molar-refractivity contribution in [2.45, 2.75) is 60.1 Å². The van der Waals surface area contributed by atoms with Crippen molar-refractivity contribution in [3.05, 3.63) is 150 Å². The number of nitrogens with zero attached hydrogens (tertiary/aromatic N) is 4. The summed E-state index contributed by atoms with van der Waals surface area (Å²) in [5.41, 5.74) is 9.12. The number of imidazole rings is 1. The third-order valence-electron chi connectivity index (χ3n) is 10.2. The van der Waals surface area contributed by atoms with Gasteiger partial charge in [-0.1, -0.05) is 117 Å². The summed E-state index contributed by atoms with van der Waals surface area (Å²) in [5.74, 6) is 0.329. The van der Waals surface area contributed by atoms with Crippen molar-refractivity contribution in [3.8, 4) is 28.3 Å². The van der Waals surface area contributed by atoms with Gasteiger partial charge in [-0.25, -0.2) is 4.98 Å². The van der Waals surface area contributed by atoms with E-state index in [2.05, 4.69) is 129 Å². The van der Waals surface area contributed by atoms with Crippen LogP contribution in [0, 0.1) is 38.6 Å². The van der Waals surface area contributed by atoms with Crippen molar-refractivity contribution in [3.63, 3.8) is 0 Å². The molecule has 9 aromatic rings. The largest absolute Gasteiger partial charge is 0.486 e. The van der Waals surface area contributed by atoms with Crippen LogP contribution in [0.1, 0.15) is 46.1 Å². The van der Waals surface area contributed by atoms with Crippen molar-refractivity contribution >= 4 is 57.1 Å². The van der Waals surface area contributed by atoms with Gasteiger partial charge in [0.05, 0.1) is 30.5 Å². The molecule has 0 amide bonds. The second kappa shape index (κ2) is 15.3. The molecule has 4 heterocycles. The Morgan fingerprint density at radius 2 is 1.52 bits per heavy atom. The average molecular weight is 934 g/mol. The molecular weight excluding hydrogens is 888 g/mol. The molecule has 0 saturated heterocycles. The van der Waals surface area contributed by atoms with E-state index in [1.54, 1.807) is 6.20 Å². The molecule has 0 unspecified atom stereocenters. The maximum atomic E-state index is 14.7. The van der Waals surface area contributed by atoms with Crippen LogP contribution in [0.5, 0.6) is 0 Å². The topological polar surface area (TPSA) is 56.7 Å². The number of furan rings is 1. The first-order valence-corrected chi connectivity index (χ1v) is 22.0. The molecule has 0 aliphatic rings. The van der Waals surface area contributed by atoms with Gasteiger partial charge in [0.2, 0.25) is 5.71 Å². The molecule has 4 aromatic heterocycles. The quantitative estimate of drug-likeness (QED) is 0.127. The standard InChI is InChI=1S/C30H20N3O.C18H23FNSi.Ir/c1-18-8-5-9-19(2)27(18)33-26-17-21-11-4-3-10-20(21)16-25(26)32-29(33)24-13-6-12-22-23-14-7-15-31-30(23)34-28(22)24;1-12(2)15-10-16(20-11-17(15)21(4,5)6)14-9-7-8-13(3)18(14)19;/h3-12,14-17H,1-2H3;7-8,10-12H,1-6H3;/q2*-1;/i;3D3;. The Hall–Kier alpha value is -5.27. The molecule has 0 bridgehead atoms. The first kappa shape index (κ1) is 35.2. The number of fused-ring (bicyclic) bond motifs is 5. The van der Waals surface area contributed by atoms with Crippen molar-refractivity contribution in [2.24, 2.45) is 0 Å². The van der Waals surface area contributed by atoms with E-state index in [-0.39, 0.29) is 37.2 Å². The summed E-state index contributed by atoms with van der Waals surface area (Å²) in [4.78, 5) is 14.0. The van der Waals surface area contributed by atoms with Crippen molar-refractivity contribution in [1.82, 2.24) is 19.5 Å². The second-order valence-corrected chi connectivity index (χ2v) is 20.4. The molecule has 283 valence electrons. The van der Waals surface area contributed by atoms with Gasteiger partial charge in [-0.2, -0.15) is 0 Å². The number of benzene rings is 5. The van der Waals surface area contributed by atoms with Crippen LogP contribution in [-0.4, -0.2) is 27.6 Å².